The van der Waals surface area contributed by atoms with Gasteiger partial charge in [-0.2, -0.15) is 0 Å². The van der Waals surface area contributed by atoms with Crippen LogP contribution in [0.3, 0.4) is 0 Å². The molecule has 0 aromatic heterocycles. The SMILES string of the molecule is CC(C)CCNC(=O)c1cc(Cl)cc(Br)c1. The quantitative estimate of drug-likeness (QED) is 0.898. The van der Waals surface area contributed by atoms with Crippen LogP contribution >= 0.6 is 27.5 Å². The van der Waals surface area contributed by atoms with E-state index in [2.05, 4.69) is 35.1 Å². The van der Waals surface area contributed by atoms with E-state index < -0.39 is 0 Å². The average molecular weight is 305 g/mol. The van der Waals surface area contributed by atoms with Gasteiger partial charge < -0.3 is 5.32 Å². The molecule has 0 unspecified atom stereocenters. The van der Waals surface area contributed by atoms with Gasteiger partial charge in [0.25, 0.3) is 5.91 Å². The standard InChI is InChI=1S/C12H15BrClNO/c1-8(2)3-4-15-12(16)9-5-10(13)7-11(14)6-9/h5-8H,3-4H2,1-2H3,(H,15,16). The molecule has 0 saturated heterocycles. The highest BCUT2D eigenvalue weighted by Crippen LogP contribution is 2.19. The number of amides is 1. The summed E-state index contributed by atoms with van der Waals surface area (Å²) in [6.45, 7) is 4.95. The highest BCUT2D eigenvalue weighted by atomic mass is 79.9. The lowest BCUT2D eigenvalue weighted by molar-refractivity contribution is 0.0952. The van der Waals surface area contributed by atoms with E-state index in [1.165, 1.54) is 0 Å². The van der Waals surface area contributed by atoms with Crippen molar-refractivity contribution in [1.82, 2.24) is 5.32 Å². The maximum absolute atomic E-state index is 11.7. The minimum atomic E-state index is -0.0798. The van der Waals surface area contributed by atoms with Crippen LogP contribution in [-0.2, 0) is 0 Å². The Hall–Kier alpha value is -0.540. The molecule has 4 heteroatoms. The Balaban J connectivity index is 2.59. The molecule has 0 fully saturated rings. The lowest BCUT2D eigenvalue weighted by Gasteiger charge is -2.07. The summed E-state index contributed by atoms with van der Waals surface area (Å²) in [5.41, 5.74) is 0.586. The minimum absolute atomic E-state index is 0.0798. The lowest BCUT2D eigenvalue weighted by atomic mass is 10.1. The molecular formula is C12H15BrClNO. The minimum Gasteiger partial charge on any atom is -0.352 e. The number of carbonyl (C=O) groups is 1. The summed E-state index contributed by atoms with van der Waals surface area (Å²) in [5, 5.41) is 3.43. The first-order chi connectivity index (χ1) is 7.49. The van der Waals surface area contributed by atoms with Crippen LogP contribution in [0.15, 0.2) is 22.7 Å². The van der Waals surface area contributed by atoms with Gasteiger partial charge >= 0.3 is 0 Å². The molecule has 0 saturated carbocycles. The maximum atomic E-state index is 11.7. The zero-order valence-corrected chi connectivity index (χ0v) is 11.7. The number of benzene rings is 1. The normalized spacial score (nSPS) is 10.6. The van der Waals surface area contributed by atoms with E-state index in [1.54, 1.807) is 18.2 Å². The van der Waals surface area contributed by atoms with Crippen molar-refractivity contribution in [2.45, 2.75) is 20.3 Å². The summed E-state index contributed by atoms with van der Waals surface area (Å²) < 4.78 is 0.814. The van der Waals surface area contributed by atoms with Crippen LogP contribution < -0.4 is 5.32 Å². The van der Waals surface area contributed by atoms with E-state index in [4.69, 9.17) is 11.6 Å². The fourth-order valence-electron chi connectivity index (χ4n) is 1.26. The second-order valence-electron chi connectivity index (χ2n) is 4.10. The molecule has 0 bridgehead atoms. The Morgan fingerprint density at radius 3 is 2.69 bits per heavy atom. The van der Waals surface area contributed by atoms with Gasteiger partial charge in [-0.3, -0.25) is 4.79 Å². The van der Waals surface area contributed by atoms with Crippen molar-refractivity contribution >= 4 is 33.4 Å². The number of rotatable bonds is 4. The van der Waals surface area contributed by atoms with Crippen molar-refractivity contribution in [1.29, 1.82) is 0 Å². The Morgan fingerprint density at radius 2 is 2.12 bits per heavy atom. The molecule has 1 rings (SSSR count). The molecule has 0 radical (unpaired) electrons. The third kappa shape index (κ3) is 4.54. The van der Waals surface area contributed by atoms with Crippen LogP contribution in [0.4, 0.5) is 0 Å². The molecule has 88 valence electrons. The number of nitrogens with one attached hydrogen (secondary N) is 1. The molecule has 0 heterocycles. The first kappa shape index (κ1) is 13.5. The third-order valence-corrected chi connectivity index (χ3v) is 2.81. The predicted octanol–water partition coefficient (Wildman–Crippen LogP) is 3.88. The van der Waals surface area contributed by atoms with Crippen LogP contribution in [0.1, 0.15) is 30.6 Å². The van der Waals surface area contributed by atoms with Gasteiger partial charge in [0.05, 0.1) is 0 Å². The number of hydrogen-bond donors (Lipinski definition) is 1. The third-order valence-electron chi connectivity index (χ3n) is 2.13. The zero-order valence-electron chi connectivity index (χ0n) is 9.39. The van der Waals surface area contributed by atoms with Gasteiger partial charge in [-0.15, -0.1) is 0 Å². The Morgan fingerprint density at radius 1 is 1.44 bits per heavy atom. The van der Waals surface area contributed by atoms with Crippen molar-refractivity contribution in [3.63, 3.8) is 0 Å². The summed E-state index contributed by atoms with van der Waals surface area (Å²) in [5.74, 6) is 0.509. The van der Waals surface area contributed by atoms with Gasteiger partial charge in [-0.1, -0.05) is 41.4 Å². The van der Waals surface area contributed by atoms with E-state index in [0.29, 0.717) is 23.0 Å². The van der Waals surface area contributed by atoms with Crippen LogP contribution in [0.25, 0.3) is 0 Å². The van der Waals surface area contributed by atoms with E-state index >= 15 is 0 Å². The van der Waals surface area contributed by atoms with Crippen LogP contribution in [0.5, 0.6) is 0 Å². The van der Waals surface area contributed by atoms with E-state index in [1.807, 2.05) is 0 Å². The molecule has 1 amide bonds. The van der Waals surface area contributed by atoms with Gasteiger partial charge in [0.1, 0.15) is 0 Å². The summed E-state index contributed by atoms with van der Waals surface area (Å²) >= 11 is 9.18. The molecule has 0 spiro atoms. The average Bonchev–Trinajstić information content (AvgIpc) is 2.15. The first-order valence-corrected chi connectivity index (χ1v) is 6.40. The monoisotopic (exact) mass is 303 g/mol. The first-order valence-electron chi connectivity index (χ1n) is 5.23. The van der Waals surface area contributed by atoms with Gasteiger partial charge in [0.2, 0.25) is 0 Å². The van der Waals surface area contributed by atoms with Gasteiger partial charge in [-0.05, 0) is 30.5 Å². The number of hydrogen-bond acceptors (Lipinski definition) is 1. The summed E-state index contributed by atoms with van der Waals surface area (Å²) in [6, 6.07) is 5.18. The molecule has 0 atom stereocenters. The second-order valence-corrected chi connectivity index (χ2v) is 5.45. The number of halogens is 2. The molecule has 2 nitrogen and oxygen atoms in total. The van der Waals surface area contributed by atoms with Crippen molar-refractivity contribution in [3.8, 4) is 0 Å². The van der Waals surface area contributed by atoms with Crippen molar-refractivity contribution < 1.29 is 4.79 Å². The Kier molecular flexibility index (Phi) is 5.29. The van der Waals surface area contributed by atoms with Gasteiger partial charge in [0.15, 0.2) is 0 Å². The van der Waals surface area contributed by atoms with E-state index in [9.17, 15) is 4.79 Å². The van der Waals surface area contributed by atoms with Crippen LogP contribution in [0.2, 0.25) is 5.02 Å². The lowest BCUT2D eigenvalue weighted by Crippen LogP contribution is -2.25. The molecule has 0 aliphatic heterocycles. The maximum Gasteiger partial charge on any atom is 0.251 e. The van der Waals surface area contributed by atoms with Gasteiger partial charge in [0, 0.05) is 21.6 Å². The van der Waals surface area contributed by atoms with Crippen molar-refractivity contribution in [2.24, 2.45) is 5.92 Å². The summed E-state index contributed by atoms with van der Waals surface area (Å²) in [6.07, 6.45) is 0.980. The highest BCUT2D eigenvalue weighted by Gasteiger charge is 2.07. The second kappa shape index (κ2) is 6.26. The van der Waals surface area contributed by atoms with E-state index in [0.717, 1.165) is 10.9 Å². The molecule has 1 N–H and O–H groups in total. The number of carbonyl (C=O) groups excluding carboxylic acids is 1. The smallest absolute Gasteiger partial charge is 0.251 e. The predicted molar refractivity (Wildman–Crippen MR) is 70.9 cm³/mol. The van der Waals surface area contributed by atoms with Crippen LogP contribution in [0, 0.1) is 5.92 Å². The van der Waals surface area contributed by atoms with Gasteiger partial charge in [-0.25, -0.2) is 0 Å². The fraction of sp³-hybridized carbons (Fsp3) is 0.417. The molecule has 1 aromatic rings. The zero-order chi connectivity index (χ0) is 12.1. The molecule has 0 aliphatic carbocycles. The van der Waals surface area contributed by atoms with E-state index in [-0.39, 0.29) is 5.91 Å². The van der Waals surface area contributed by atoms with Crippen molar-refractivity contribution in [2.75, 3.05) is 6.54 Å². The summed E-state index contributed by atoms with van der Waals surface area (Å²) in [4.78, 5) is 11.7. The highest BCUT2D eigenvalue weighted by molar-refractivity contribution is 9.10. The largest absolute Gasteiger partial charge is 0.352 e. The Labute approximate surface area is 110 Å². The Bertz CT molecular complexity index is 359. The summed E-state index contributed by atoms with van der Waals surface area (Å²) in [7, 11) is 0. The molecule has 16 heavy (non-hydrogen) atoms. The van der Waals surface area contributed by atoms with Crippen molar-refractivity contribution in [3.05, 3.63) is 33.3 Å². The molecule has 0 aliphatic rings. The molecule has 1 aromatic carbocycles. The molecular weight excluding hydrogens is 289 g/mol. The fourth-order valence-corrected chi connectivity index (χ4v) is 2.12. The topological polar surface area (TPSA) is 29.1 Å². The van der Waals surface area contributed by atoms with Crippen LogP contribution in [-0.4, -0.2) is 12.5 Å².